The van der Waals surface area contributed by atoms with E-state index in [9.17, 15) is 0 Å². The van der Waals surface area contributed by atoms with Gasteiger partial charge in [-0.05, 0) is 12.5 Å². The molecule has 1 heterocycles. The average Bonchev–Trinajstić information content (AvgIpc) is 2.78. The van der Waals surface area contributed by atoms with E-state index >= 15 is 0 Å². The highest BCUT2D eigenvalue weighted by atomic mass is 32.1. The number of benzene rings is 1. The van der Waals surface area contributed by atoms with E-state index in [2.05, 4.69) is 29.1 Å². The van der Waals surface area contributed by atoms with Crippen molar-refractivity contribution in [3.05, 3.63) is 48.7 Å². The molecule has 0 spiro atoms. The van der Waals surface area contributed by atoms with Crippen molar-refractivity contribution in [1.29, 1.82) is 0 Å². The molecule has 0 saturated carbocycles. The zero-order chi connectivity index (χ0) is 12.1. The lowest BCUT2D eigenvalue weighted by molar-refractivity contribution is 1.22. The molecule has 0 unspecified atom stereocenters. The Bertz CT molecular complexity index is 490. The molecule has 0 atom stereocenters. The molecule has 2 N–H and O–H groups in total. The second-order valence-electron chi connectivity index (χ2n) is 3.53. The predicted octanol–water partition coefficient (Wildman–Crippen LogP) is 3.66. The SMILES string of the molecule is C=C(Nc1ncc(NCC)s1)c1ccccc1. The maximum absolute atomic E-state index is 4.28. The van der Waals surface area contributed by atoms with Gasteiger partial charge in [-0.1, -0.05) is 48.2 Å². The summed E-state index contributed by atoms with van der Waals surface area (Å²) in [6.07, 6.45) is 1.83. The van der Waals surface area contributed by atoms with E-state index in [1.165, 1.54) is 0 Å². The summed E-state index contributed by atoms with van der Waals surface area (Å²) in [5, 5.41) is 8.36. The number of nitrogens with one attached hydrogen (secondary N) is 2. The van der Waals surface area contributed by atoms with E-state index in [1.807, 2.05) is 36.5 Å². The van der Waals surface area contributed by atoms with Crippen LogP contribution in [-0.4, -0.2) is 11.5 Å². The Labute approximate surface area is 105 Å². The van der Waals surface area contributed by atoms with Crippen LogP contribution in [0.25, 0.3) is 5.70 Å². The van der Waals surface area contributed by atoms with Crippen molar-refractivity contribution in [2.45, 2.75) is 6.92 Å². The number of rotatable bonds is 5. The van der Waals surface area contributed by atoms with Gasteiger partial charge in [-0.3, -0.25) is 0 Å². The molecule has 0 aliphatic carbocycles. The maximum Gasteiger partial charge on any atom is 0.189 e. The van der Waals surface area contributed by atoms with Crippen molar-refractivity contribution in [2.75, 3.05) is 17.2 Å². The predicted molar refractivity (Wildman–Crippen MR) is 75.4 cm³/mol. The molecule has 0 fully saturated rings. The van der Waals surface area contributed by atoms with Crippen LogP contribution in [-0.2, 0) is 0 Å². The van der Waals surface area contributed by atoms with Gasteiger partial charge in [0.1, 0.15) is 5.00 Å². The largest absolute Gasteiger partial charge is 0.376 e. The van der Waals surface area contributed by atoms with Crippen molar-refractivity contribution in [2.24, 2.45) is 0 Å². The smallest absolute Gasteiger partial charge is 0.189 e. The molecular weight excluding hydrogens is 230 g/mol. The van der Waals surface area contributed by atoms with Crippen LogP contribution in [0.5, 0.6) is 0 Å². The second-order valence-corrected chi connectivity index (χ2v) is 4.56. The Balaban J connectivity index is 2.03. The molecule has 0 aliphatic rings. The molecule has 0 bridgehead atoms. The van der Waals surface area contributed by atoms with Gasteiger partial charge in [-0.2, -0.15) is 0 Å². The minimum Gasteiger partial charge on any atom is -0.376 e. The molecule has 3 nitrogen and oxygen atoms in total. The summed E-state index contributed by atoms with van der Waals surface area (Å²) in [5.74, 6) is 0. The lowest BCUT2D eigenvalue weighted by Gasteiger charge is -2.05. The molecular formula is C13H15N3S. The standard InChI is InChI=1S/C13H15N3S/c1-3-14-12-9-15-13(17-12)16-10(2)11-7-5-4-6-8-11/h4-9,14H,2-3H2,1H3,(H,15,16). The number of aromatic nitrogens is 1. The van der Waals surface area contributed by atoms with Gasteiger partial charge in [-0.15, -0.1) is 0 Å². The topological polar surface area (TPSA) is 37.0 Å². The summed E-state index contributed by atoms with van der Waals surface area (Å²) in [6, 6.07) is 10.0. The molecule has 1 aromatic heterocycles. The first-order valence-electron chi connectivity index (χ1n) is 5.50. The van der Waals surface area contributed by atoms with E-state index in [-0.39, 0.29) is 0 Å². The van der Waals surface area contributed by atoms with Gasteiger partial charge in [-0.25, -0.2) is 4.98 Å². The number of nitrogens with zero attached hydrogens (tertiary/aromatic N) is 1. The summed E-state index contributed by atoms with van der Waals surface area (Å²) in [6.45, 7) is 6.98. The van der Waals surface area contributed by atoms with Crippen molar-refractivity contribution in [3.8, 4) is 0 Å². The molecule has 0 amide bonds. The number of hydrogen-bond acceptors (Lipinski definition) is 4. The molecule has 0 aliphatic heterocycles. The van der Waals surface area contributed by atoms with Gasteiger partial charge >= 0.3 is 0 Å². The third-order valence-corrected chi connectivity index (χ3v) is 3.11. The monoisotopic (exact) mass is 245 g/mol. The van der Waals surface area contributed by atoms with Crippen LogP contribution in [0.1, 0.15) is 12.5 Å². The minimum absolute atomic E-state index is 0.856. The first kappa shape index (κ1) is 11.7. The third kappa shape index (κ3) is 3.07. The first-order valence-corrected chi connectivity index (χ1v) is 6.32. The number of hydrogen-bond donors (Lipinski definition) is 2. The van der Waals surface area contributed by atoms with Crippen LogP contribution in [0.15, 0.2) is 43.1 Å². The fourth-order valence-electron chi connectivity index (χ4n) is 1.43. The highest BCUT2D eigenvalue weighted by Crippen LogP contribution is 2.25. The molecule has 0 radical (unpaired) electrons. The molecule has 88 valence electrons. The van der Waals surface area contributed by atoms with Crippen LogP contribution in [0.2, 0.25) is 0 Å². The van der Waals surface area contributed by atoms with Gasteiger partial charge < -0.3 is 10.6 Å². The highest BCUT2D eigenvalue weighted by Gasteiger charge is 2.03. The Hall–Kier alpha value is -1.81. The first-order chi connectivity index (χ1) is 8.29. The molecule has 2 aromatic rings. The molecule has 0 saturated heterocycles. The van der Waals surface area contributed by atoms with Gasteiger partial charge in [0.2, 0.25) is 0 Å². The van der Waals surface area contributed by atoms with E-state index in [1.54, 1.807) is 11.3 Å². The Morgan fingerprint density at radius 3 is 2.82 bits per heavy atom. The van der Waals surface area contributed by atoms with Crippen molar-refractivity contribution in [1.82, 2.24) is 4.98 Å². The van der Waals surface area contributed by atoms with Crippen LogP contribution in [0.3, 0.4) is 0 Å². The molecule has 17 heavy (non-hydrogen) atoms. The number of anilines is 2. The highest BCUT2D eigenvalue weighted by molar-refractivity contribution is 7.19. The quantitative estimate of drug-likeness (QED) is 0.844. The fourth-order valence-corrected chi connectivity index (χ4v) is 2.24. The third-order valence-electron chi connectivity index (χ3n) is 2.24. The number of thiazole rings is 1. The second kappa shape index (κ2) is 5.50. The summed E-state index contributed by atoms with van der Waals surface area (Å²) < 4.78 is 0. The van der Waals surface area contributed by atoms with Gasteiger partial charge in [0, 0.05) is 12.2 Å². The molecule has 2 rings (SSSR count). The van der Waals surface area contributed by atoms with Crippen molar-refractivity contribution in [3.63, 3.8) is 0 Å². The van der Waals surface area contributed by atoms with Gasteiger partial charge in [0.05, 0.1) is 6.20 Å². The van der Waals surface area contributed by atoms with E-state index in [0.717, 1.165) is 27.9 Å². The Morgan fingerprint density at radius 2 is 2.12 bits per heavy atom. The van der Waals surface area contributed by atoms with Gasteiger partial charge in [0.15, 0.2) is 5.13 Å². The summed E-state index contributed by atoms with van der Waals surface area (Å²) in [7, 11) is 0. The Morgan fingerprint density at radius 1 is 1.35 bits per heavy atom. The summed E-state index contributed by atoms with van der Waals surface area (Å²) >= 11 is 1.59. The average molecular weight is 245 g/mol. The minimum atomic E-state index is 0.856. The lowest BCUT2D eigenvalue weighted by Crippen LogP contribution is -1.96. The molecule has 1 aromatic carbocycles. The summed E-state index contributed by atoms with van der Waals surface area (Å²) in [4.78, 5) is 4.28. The van der Waals surface area contributed by atoms with Crippen LogP contribution in [0.4, 0.5) is 10.1 Å². The van der Waals surface area contributed by atoms with Crippen LogP contribution >= 0.6 is 11.3 Å². The van der Waals surface area contributed by atoms with Crippen molar-refractivity contribution < 1.29 is 0 Å². The van der Waals surface area contributed by atoms with Crippen LogP contribution < -0.4 is 10.6 Å². The summed E-state index contributed by atoms with van der Waals surface area (Å²) in [5.41, 5.74) is 1.94. The fraction of sp³-hybridized carbons (Fsp3) is 0.154. The van der Waals surface area contributed by atoms with Crippen LogP contribution in [0, 0.1) is 0 Å². The van der Waals surface area contributed by atoms with Crippen molar-refractivity contribution >= 4 is 27.2 Å². The van der Waals surface area contributed by atoms with E-state index < -0.39 is 0 Å². The Kier molecular flexibility index (Phi) is 3.77. The van der Waals surface area contributed by atoms with E-state index in [0.29, 0.717) is 0 Å². The normalized spacial score (nSPS) is 9.94. The molecule has 4 heteroatoms. The maximum atomic E-state index is 4.28. The zero-order valence-corrected chi connectivity index (χ0v) is 10.6. The lowest BCUT2D eigenvalue weighted by atomic mass is 10.2. The zero-order valence-electron chi connectivity index (χ0n) is 9.73. The van der Waals surface area contributed by atoms with Gasteiger partial charge in [0.25, 0.3) is 0 Å². The van der Waals surface area contributed by atoms with E-state index in [4.69, 9.17) is 0 Å².